The van der Waals surface area contributed by atoms with Crippen molar-refractivity contribution in [2.45, 2.75) is 39.3 Å². The van der Waals surface area contributed by atoms with Crippen molar-refractivity contribution < 1.29 is 18.0 Å². The van der Waals surface area contributed by atoms with E-state index in [4.69, 9.17) is 34.8 Å². The quantitative estimate of drug-likeness (QED) is 0.439. The molecule has 0 aliphatic heterocycles. The zero-order valence-electron chi connectivity index (χ0n) is 19.2. The monoisotopic (exact) mass is 547 g/mol. The molecule has 1 atom stereocenters. The Morgan fingerprint density at radius 2 is 1.71 bits per heavy atom. The Kier molecular flexibility index (Phi) is 10.5. The van der Waals surface area contributed by atoms with Crippen LogP contribution in [0.4, 0.5) is 5.69 Å². The van der Waals surface area contributed by atoms with E-state index in [0.29, 0.717) is 23.6 Å². The molecule has 2 rings (SSSR count). The summed E-state index contributed by atoms with van der Waals surface area (Å²) >= 11 is 18.6. The highest BCUT2D eigenvalue weighted by Crippen LogP contribution is 2.31. The topological polar surface area (TPSA) is 86.8 Å². The van der Waals surface area contributed by atoms with Crippen LogP contribution in [0, 0.1) is 0 Å². The molecule has 0 aromatic heterocycles. The van der Waals surface area contributed by atoms with Crippen LogP contribution in [0.2, 0.25) is 15.1 Å². The second-order valence-corrected chi connectivity index (χ2v) is 10.9. The summed E-state index contributed by atoms with van der Waals surface area (Å²) in [6.45, 7) is 3.62. The smallest absolute Gasteiger partial charge is 0.244 e. The summed E-state index contributed by atoms with van der Waals surface area (Å²) < 4.78 is 26.2. The molecular formula is C23H28Cl3N3O4S. The van der Waals surface area contributed by atoms with Gasteiger partial charge in [-0.15, -0.1) is 0 Å². The molecule has 2 aromatic rings. The Hall–Kier alpha value is -2.00. The largest absolute Gasteiger partial charge is 0.354 e. The lowest BCUT2D eigenvalue weighted by Crippen LogP contribution is -2.52. The summed E-state index contributed by atoms with van der Waals surface area (Å²) in [4.78, 5) is 27.8. The number of nitrogens with zero attached hydrogens (tertiary/aromatic N) is 2. The van der Waals surface area contributed by atoms with Crippen molar-refractivity contribution in [2.24, 2.45) is 0 Å². The van der Waals surface area contributed by atoms with E-state index >= 15 is 0 Å². The maximum atomic E-state index is 13.6. The molecule has 0 heterocycles. The first-order valence-electron chi connectivity index (χ1n) is 10.7. The zero-order chi connectivity index (χ0) is 25.5. The van der Waals surface area contributed by atoms with Crippen molar-refractivity contribution in [3.63, 3.8) is 0 Å². The third kappa shape index (κ3) is 7.50. The SMILES string of the molecule is CCCNC(=O)C(CC)N(Cc1ccccc1Cl)C(=O)CN(c1cc(Cl)ccc1Cl)S(C)(=O)=O. The minimum Gasteiger partial charge on any atom is -0.354 e. The lowest BCUT2D eigenvalue weighted by molar-refractivity contribution is -0.140. The van der Waals surface area contributed by atoms with Crippen LogP contribution in [0.25, 0.3) is 0 Å². The molecule has 1 N–H and O–H groups in total. The number of carbonyl (C=O) groups is 2. The van der Waals surface area contributed by atoms with E-state index < -0.39 is 28.5 Å². The summed E-state index contributed by atoms with van der Waals surface area (Å²) in [6.07, 6.45) is 2.03. The number of carbonyl (C=O) groups excluding carboxylic acids is 2. The van der Waals surface area contributed by atoms with Crippen molar-refractivity contribution >= 4 is 62.3 Å². The van der Waals surface area contributed by atoms with Gasteiger partial charge in [0.1, 0.15) is 12.6 Å². The van der Waals surface area contributed by atoms with Gasteiger partial charge in [0.05, 0.1) is 17.0 Å². The van der Waals surface area contributed by atoms with Crippen LogP contribution in [-0.4, -0.2) is 50.5 Å². The Bertz CT molecular complexity index is 1130. The standard InChI is InChI=1S/C23H28Cl3N3O4S/c1-4-12-27-23(31)20(5-2)28(14-16-8-6-7-9-18(16)25)22(30)15-29(34(3,32)33)21-13-17(24)10-11-19(21)26/h6-11,13,20H,4-5,12,14-15H2,1-3H3,(H,27,31). The Morgan fingerprint density at radius 1 is 1.03 bits per heavy atom. The molecule has 1 unspecified atom stereocenters. The molecule has 186 valence electrons. The number of rotatable bonds is 11. The van der Waals surface area contributed by atoms with Gasteiger partial charge in [-0.25, -0.2) is 8.42 Å². The first-order valence-corrected chi connectivity index (χ1v) is 13.7. The highest BCUT2D eigenvalue weighted by molar-refractivity contribution is 7.92. The minimum atomic E-state index is -3.92. The van der Waals surface area contributed by atoms with Gasteiger partial charge < -0.3 is 10.2 Å². The second-order valence-electron chi connectivity index (χ2n) is 7.69. The van der Waals surface area contributed by atoms with Crippen LogP contribution in [-0.2, 0) is 26.2 Å². The van der Waals surface area contributed by atoms with Gasteiger partial charge in [0.2, 0.25) is 21.8 Å². The number of halogens is 3. The number of nitrogens with one attached hydrogen (secondary N) is 1. The number of amides is 2. The third-order valence-corrected chi connectivity index (χ3v) is 7.14. The molecule has 0 fully saturated rings. The van der Waals surface area contributed by atoms with Crippen LogP contribution < -0.4 is 9.62 Å². The maximum absolute atomic E-state index is 13.6. The molecule has 34 heavy (non-hydrogen) atoms. The van der Waals surface area contributed by atoms with Gasteiger partial charge in [-0.1, -0.05) is 66.8 Å². The summed E-state index contributed by atoms with van der Waals surface area (Å²) in [5.41, 5.74) is 0.706. The number of hydrogen-bond donors (Lipinski definition) is 1. The van der Waals surface area contributed by atoms with E-state index in [0.717, 1.165) is 17.0 Å². The van der Waals surface area contributed by atoms with Crippen molar-refractivity contribution in [2.75, 3.05) is 23.7 Å². The van der Waals surface area contributed by atoms with E-state index in [1.807, 2.05) is 6.92 Å². The average Bonchev–Trinajstić information content (AvgIpc) is 2.78. The van der Waals surface area contributed by atoms with E-state index in [9.17, 15) is 18.0 Å². The molecule has 11 heteroatoms. The molecule has 0 saturated heterocycles. The number of anilines is 1. The molecule has 2 aromatic carbocycles. The van der Waals surface area contributed by atoms with Crippen LogP contribution >= 0.6 is 34.8 Å². The summed E-state index contributed by atoms with van der Waals surface area (Å²) in [5.74, 6) is -0.906. The maximum Gasteiger partial charge on any atom is 0.244 e. The van der Waals surface area contributed by atoms with Gasteiger partial charge in [-0.3, -0.25) is 13.9 Å². The summed E-state index contributed by atoms with van der Waals surface area (Å²) in [5, 5.41) is 3.63. The van der Waals surface area contributed by atoms with E-state index in [1.165, 1.54) is 23.1 Å². The molecule has 0 radical (unpaired) electrons. The van der Waals surface area contributed by atoms with Crippen LogP contribution in [0.15, 0.2) is 42.5 Å². The van der Waals surface area contributed by atoms with Crippen LogP contribution in [0.1, 0.15) is 32.3 Å². The summed E-state index contributed by atoms with van der Waals surface area (Å²) in [7, 11) is -3.92. The minimum absolute atomic E-state index is 0.0252. The Balaban J connectivity index is 2.48. The van der Waals surface area contributed by atoms with Gasteiger partial charge in [0.25, 0.3) is 0 Å². The predicted octanol–water partition coefficient (Wildman–Crippen LogP) is 4.75. The molecule has 0 aliphatic rings. The zero-order valence-corrected chi connectivity index (χ0v) is 22.3. The van der Waals surface area contributed by atoms with Crippen LogP contribution in [0.5, 0.6) is 0 Å². The van der Waals surface area contributed by atoms with Crippen molar-refractivity contribution in [1.82, 2.24) is 10.2 Å². The molecular weight excluding hydrogens is 521 g/mol. The van der Waals surface area contributed by atoms with Gasteiger partial charge in [0, 0.05) is 23.1 Å². The second kappa shape index (κ2) is 12.6. The lowest BCUT2D eigenvalue weighted by atomic mass is 10.1. The fourth-order valence-electron chi connectivity index (χ4n) is 3.37. The Morgan fingerprint density at radius 3 is 2.29 bits per heavy atom. The van der Waals surface area contributed by atoms with E-state index in [1.54, 1.807) is 31.2 Å². The van der Waals surface area contributed by atoms with E-state index in [-0.39, 0.29) is 28.2 Å². The van der Waals surface area contributed by atoms with E-state index in [2.05, 4.69) is 5.32 Å². The van der Waals surface area contributed by atoms with Gasteiger partial charge in [-0.2, -0.15) is 0 Å². The predicted molar refractivity (Wildman–Crippen MR) is 138 cm³/mol. The summed E-state index contributed by atoms with van der Waals surface area (Å²) in [6, 6.07) is 10.5. The van der Waals surface area contributed by atoms with Gasteiger partial charge in [0.15, 0.2) is 0 Å². The van der Waals surface area contributed by atoms with Crippen LogP contribution in [0.3, 0.4) is 0 Å². The van der Waals surface area contributed by atoms with Gasteiger partial charge in [-0.05, 0) is 42.7 Å². The Labute approximate surface area is 216 Å². The van der Waals surface area contributed by atoms with Crippen molar-refractivity contribution in [1.29, 1.82) is 0 Å². The normalized spacial score (nSPS) is 12.2. The number of benzene rings is 2. The number of hydrogen-bond acceptors (Lipinski definition) is 4. The molecule has 0 saturated carbocycles. The third-order valence-electron chi connectivity index (χ3n) is 5.09. The average molecular weight is 549 g/mol. The van der Waals surface area contributed by atoms with Crippen molar-refractivity contribution in [3.05, 3.63) is 63.1 Å². The fraction of sp³-hybridized carbons (Fsp3) is 0.391. The molecule has 0 aliphatic carbocycles. The number of sulfonamides is 1. The molecule has 2 amide bonds. The first kappa shape index (κ1) is 28.2. The fourth-order valence-corrected chi connectivity index (χ4v) is 4.85. The first-order chi connectivity index (χ1) is 16.0. The van der Waals surface area contributed by atoms with Crippen molar-refractivity contribution in [3.8, 4) is 0 Å². The highest BCUT2D eigenvalue weighted by atomic mass is 35.5. The molecule has 7 nitrogen and oxygen atoms in total. The molecule has 0 spiro atoms. The molecule has 0 bridgehead atoms. The lowest BCUT2D eigenvalue weighted by Gasteiger charge is -2.33. The highest BCUT2D eigenvalue weighted by Gasteiger charge is 2.32. The van der Waals surface area contributed by atoms with Gasteiger partial charge >= 0.3 is 0 Å².